The van der Waals surface area contributed by atoms with E-state index in [0.29, 0.717) is 45.9 Å². The number of rotatable bonds is 6. The van der Waals surface area contributed by atoms with Gasteiger partial charge in [0.05, 0.1) is 13.2 Å². The van der Waals surface area contributed by atoms with E-state index in [0.717, 1.165) is 0 Å². The Morgan fingerprint density at radius 1 is 1.33 bits per heavy atom. The molecule has 1 heterocycles. The highest BCUT2D eigenvalue weighted by Gasteiger charge is 2.33. The first-order valence-electron chi connectivity index (χ1n) is 6.36. The lowest BCUT2D eigenvalue weighted by Crippen LogP contribution is -2.51. The van der Waals surface area contributed by atoms with Gasteiger partial charge in [-0.2, -0.15) is 17.0 Å². The number of nitrogens with two attached hydrogens (primary N) is 1. The molecule has 0 unspecified atom stereocenters. The largest absolute Gasteiger partial charge is 0.379 e. The van der Waals surface area contributed by atoms with Gasteiger partial charge in [-0.15, -0.1) is 0 Å². The fraction of sp³-hybridized carbons (Fsp3) is 1.00. The van der Waals surface area contributed by atoms with Gasteiger partial charge >= 0.3 is 0 Å². The van der Waals surface area contributed by atoms with Crippen molar-refractivity contribution in [2.45, 2.75) is 20.8 Å². The minimum Gasteiger partial charge on any atom is -0.379 e. The second-order valence-corrected chi connectivity index (χ2v) is 7.24. The van der Waals surface area contributed by atoms with Gasteiger partial charge in [0.15, 0.2) is 0 Å². The predicted octanol–water partition coefficient (Wildman–Crippen LogP) is -0.130. The fourth-order valence-corrected chi connectivity index (χ4v) is 3.62. The van der Waals surface area contributed by atoms with E-state index in [4.69, 9.17) is 10.5 Å². The van der Waals surface area contributed by atoms with E-state index in [1.54, 1.807) is 0 Å². The maximum Gasteiger partial charge on any atom is 0.282 e. The Labute approximate surface area is 110 Å². The number of hydrogen-bond acceptors (Lipinski definition) is 4. The molecule has 7 heteroatoms. The first-order valence-corrected chi connectivity index (χ1v) is 7.76. The summed E-state index contributed by atoms with van der Waals surface area (Å²) >= 11 is 0. The standard InChI is InChI=1S/C11H25N3O3S/c1-4-13(10-11(2,3)9-12)18(15,16)14-5-7-17-8-6-14/h4-10,12H2,1-3H3. The van der Waals surface area contributed by atoms with Crippen molar-refractivity contribution in [1.29, 1.82) is 0 Å². The van der Waals surface area contributed by atoms with Crippen LogP contribution in [0.1, 0.15) is 20.8 Å². The minimum atomic E-state index is -3.39. The third-order valence-electron chi connectivity index (χ3n) is 3.13. The zero-order valence-electron chi connectivity index (χ0n) is 11.6. The molecule has 0 amide bonds. The van der Waals surface area contributed by atoms with Gasteiger partial charge in [0, 0.05) is 26.2 Å². The van der Waals surface area contributed by atoms with Crippen LogP contribution >= 0.6 is 0 Å². The Hall–Kier alpha value is -0.210. The van der Waals surface area contributed by atoms with Gasteiger partial charge in [-0.05, 0) is 12.0 Å². The third kappa shape index (κ3) is 3.89. The number of nitrogens with zero attached hydrogens (tertiary/aromatic N) is 2. The molecule has 0 atom stereocenters. The molecule has 1 aliphatic rings. The molecule has 1 rings (SSSR count). The van der Waals surface area contributed by atoms with Gasteiger partial charge in [-0.25, -0.2) is 0 Å². The van der Waals surface area contributed by atoms with Crippen molar-refractivity contribution in [2.75, 3.05) is 45.9 Å². The molecular weight excluding hydrogens is 254 g/mol. The van der Waals surface area contributed by atoms with E-state index in [1.807, 2.05) is 20.8 Å². The topological polar surface area (TPSA) is 75.9 Å². The molecule has 0 bridgehead atoms. The maximum atomic E-state index is 12.5. The van der Waals surface area contributed by atoms with Gasteiger partial charge < -0.3 is 10.5 Å². The number of hydrogen-bond donors (Lipinski definition) is 1. The molecule has 0 radical (unpaired) electrons. The molecule has 0 aromatic heterocycles. The van der Waals surface area contributed by atoms with Gasteiger partial charge in [-0.1, -0.05) is 20.8 Å². The molecule has 1 fully saturated rings. The van der Waals surface area contributed by atoms with Crippen LogP contribution in [0.15, 0.2) is 0 Å². The molecule has 0 aromatic rings. The van der Waals surface area contributed by atoms with Gasteiger partial charge in [0.25, 0.3) is 10.2 Å². The van der Waals surface area contributed by atoms with Crippen molar-refractivity contribution >= 4 is 10.2 Å². The summed E-state index contributed by atoms with van der Waals surface area (Å²) < 4.78 is 33.1. The minimum absolute atomic E-state index is 0.213. The molecule has 108 valence electrons. The van der Waals surface area contributed by atoms with Gasteiger partial charge in [-0.3, -0.25) is 0 Å². The van der Waals surface area contributed by atoms with E-state index in [9.17, 15) is 8.42 Å². The molecule has 0 saturated carbocycles. The summed E-state index contributed by atoms with van der Waals surface area (Å²) in [7, 11) is -3.39. The van der Waals surface area contributed by atoms with Crippen LogP contribution in [-0.4, -0.2) is 63.0 Å². The lowest BCUT2D eigenvalue weighted by atomic mass is 9.94. The molecule has 1 saturated heterocycles. The highest BCUT2D eigenvalue weighted by Crippen LogP contribution is 2.19. The highest BCUT2D eigenvalue weighted by molar-refractivity contribution is 7.86. The van der Waals surface area contributed by atoms with Crippen LogP contribution in [0.3, 0.4) is 0 Å². The maximum absolute atomic E-state index is 12.5. The van der Waals surface area contributed by atoms with Crippen LogP contribution in [0.5, 0.6) is 0 Å². The summed E-state index contributed by atoms with van der Waals surface area (Å²) in [4.78, 5) is 0. The van der Waals surface area contributed by atoms with Crippen LogP contribution in [0.25, 0.3) is 0 Å². The Balaban J connectivity index is 2.79. The summed E-state index contributed by atoms with van der Waals surface area (Å²) in [5.74, 6) is 0. The van der Waals surface area contributed by atoms with Crippen LogP contribution in [0, 0.1) is 5.41 Å². The van der Waals surface area contributed by atoms with Crippen LogP contribution in [0.2, 0.25) is 0 Å². The van der Waals surface area contributed by atoms with E-state index >= 15 is 0 Å². The molecule has 0 spiro atoms. The zero-order valence-corrected chi connectivity index (χ0v) is 12.4. The molecular formula is C11H25N3O3S. The fourth-order valence-electron chi connectivity index (χ4n) is 1.84. The Kier molecular flexibility index (Phi) is 5.54. The molecule has 1 aliphatic heterocycles. The predicted molar refractivity (Wildman–Crippen MR) is 71.4 cm³/mol. The number of ether oxygens (including phenoxy) is 1. The molecule has 6 nitrogen and oxygen atoms in total. The van der Waals surface area contributed by atoms with E-state index < -0.39 is 10.2 Å². The molecule has 18 heavy (non-hydrogen) atoms. The Bertz CT molecular complexity index is 351. The summed E-state index contributed by atoms with van der Waals surface area (Å²) in [6.45, 7) is 8.97. The van der Waals surface area contributed by atoms with Crippen LogP contribution in [0.4, 0.5) is 0 Å². The van der Waals surface area contributed by atoms with Crippen molar-refractivity contribution in [3.63, 3.8) is 0 Å². The summed E-state index contributed by atoms with van der Waals surface area (Å²) in [5.41, 5.74) is 5.46. The first kappa shape index (κ1) is 15.8. The van der Waals surface area contributed by atoms with Crippen molar-refractivity contribution in [3.05, 3.63) is 0 Å². The zero-order chi connectivity index (χ0) is 13.8. The Morgan fingerprint density at radius 3 is 2.33 bits per heavy atom. The monoisotopic (exact) mass is 279 g/mol. The van der Waals surface area contributed by atoms with Crippen molar-refractivity contribution in [1.82, 2.24) is 8.61 Å². The van der Waals surface area contributed by atoms with Gasteiger partial charge in [0.1, 0.15) is 0 Å². The molecule has 2 N–H and O–H groups in total. The second kappa shape index (κ2) is 6.29. The quantitative estimate of drug-likeness (QED) is 0.735. The van der Waals surface area contributed by atoms with Gasteiger partial charge in [0.2, 0.25) is 0 Å². The normalized spacial score (nSPS) is 19.4. The van der Waals surface area contributed by atoms with Crippen LogP contribution in [-0.2, 0) is 14.9 Å². The summed E-state index contributed by atoms with van der Waals surface area (Å²) in [5, 5.41) is 0. The smallest absolute Gasteiger partial charge is 0.282 e. The third-order valence-corrected chi connectivity index (χ3v) is 5.19. The van der Waals surface area contributed by atoms with Crippen molar-refractivity contribution in [3.8, 4) is 0 Å². The molecule has 0 aliphatic carbocycles. The highest BCUT2D eigenvalue weighted by atomic mass is 32.2. The lowest BCUT2D eigenvalue weighted by Gasteiger charge is -2.35. The Morgan fingerprint density at radius 2 is 1.89 bits per heavy atom. The number of morpholine rings is 1. The van der Waals surface area contributed by atoms with Crippen LogP contribution < -0.4 is 5.73 Å². The summed E-state index contributed by atoms with van der Waals surface area (Å²) in [6.07, 6.45) is 0. The lowest BCUT2D eigenvalue weighted by molar-refractivity contribution is 0.0694. The average molecular weight is 279 g/mol. The first-order chi connectivity index (χ1) is 8.33. The van der Waals surface area contributed by atoms with E-state index in [1.165, 1.54) is 8.61 Å². The molecule has 0 aromatic carbocycles. The summed E-state index contributed by atoms with van der Waals surface area (Å²) in [6, 6.07) is 0. The van der Waals surface area contributed by atoms with Crippen molar-refractivity contribution < 1.29 is 13.2 Å². The van der Waals surface area contributed by atoms with E-state index in [-0.39, 0.29) is 5.41 Å². The SMILES string of the molecule is CCN(CC(C)(C)CN)S(=O)(=O)N1CCOCC1. The van der Waals surface area contributed by atoms with Crippen molar-refractivity contribution in [2.24, 2.45) is 11.1 Å². The average Bonchev–Trinajstić information content (AvgIpc) is 2.37. The second-order valence-electron chi connectivity index (χ2n) is 5.31. The van der Waals surface area contributed by atoms with E-state index in [2.05, 4.69) is 0 Å².